The zero-order valence-electron chi connectivity index (χ0n) is 2.08. The molecule has 0 aliphatic rings. The molecule has 0 aromatic rings. The van der Waals surface area contributed by atoms with Crippen molar-refractivity contribution in [3.05, 3.63) is 0 Å². The molecule has 0 amide bonds. The molecule has 0 aliphatic carbocycles. The second kappa shape index (κ2) is 4.63. The fourth-order valence-electron chi connectivity index (χ4n) is 0. The SMILES string of the molecule is O=C([S-])[S-].[Fe+2]. The normalized spacial score (nSPS) is 4.80. The minimum Gasteiger partial charge on any atom is -0.767 e. The molecule has 0 atom stereocenters. The second-order valence-corrected chi connectivity index (χ2v) is 1.25. The maximum absolute atomic E-state index is 9.07. The van der Waals surface area contributed by atoms with Gasteiger partial charge in [-0.15, -0.1) is 4.45 Å². The number of carbonyl (C=O) groups excluding carboxylic acids is 1. The third-order valence-electron chi connectivity index (χ3n) is 0. The zero-order valence-corrected chi connectivity index (χ0v) is 4.82. The topological polar surface area (TPSA) is 17.1 Å². The number of hydrogen-bond acceptors (Lipinski definition) is 3. The summed E-state index contributed by atoms with van der Waals surface area (Å²) in [5.74, 6) is 0. The summed E-state index contributed by atoms with van der Waals surface area (Å²) < 4.78 is -0.667. The van der Waals surface area contributed by atoms with Gasteiger partial charge in [0.25, 0.3) is 0 Å². The van der Waals surface area contributed by atoms with E-state index in [1.54, 1.807) is 0 Å². The van der Waals surface area contributed by atoms with Crippen molar-refractivity contribution in [2.24, 2.45) is 0 Å². The first kappa shape index (κ1) is 9.16. The van der Waals surface area contributed by atoms with Crippen molar-refractivity contribution < 1.29 is 21.9 Å². The van der Waals surface area contributed by atoms with E-state index >= 15 is 0 Å². The van der Waals surface area contributed by atoms with Gasteiger partial charge in [-0.1, -0.05) is 0 Å². The van der Waals surface area contributed by atoms with Crippen LogP contribution in [0.4, 0.5) is 4.79 Å². The van der Waals surface area contributed by atoms with E-state index in [4.69, 9.17) is 4.79 Å². The molecule has 1 nitrogen and oxygen atoms in total. The van der Waals surface area contributed by atoms with Gasteiger partial charge in [-0.05, 0) is 0 Å². The smallest absolute Gasteiger partial charge is 0.767 e. The molecule has 0 spiro atoms. The van der Waals surface area contributed by atoms with Gasteiger partial charge in [-0.2, -0.15) is 0 Å². The summed E-state index contributed by atoms with van der Waals surface area (Å²) in [5, 5.41) is 0. The third kappa shape index (κ3) is 80.8. The first-order valence-corrected chi connectivity index (χ1v) is 1.43. The van der Waals surface area contributed by atoms with E-state index in [2.05, 4.69) is 25.3 Å². The van der Waals surface area contributed by atoms with Crippen molar-refractivity contribution in [2.75, 3.05) is 0 Å². The molecule has 30 valence electrons. The Labute approximate surface area is 51.8 Å². The van der Waals surface area contributed by atoms with Crippen molar-refractivity contribution in [3.63, 3.8) is 0 Å². The van der Waals surface area contributed by atoms with E-state index in [1.807, 2.05) is 0 Å². The second-order valence-electron chi connectivity index (χ2n) is 0.250. The Hall–Kier alpha value is 0.629. The molecule has 5 heavy (non-hydrogen) atoms. The Morgan fingerprint density at radius 3 is 1.40 bits per heavy atom. The van der Waals surface area contributed by atoms with Crippen molar-refractivity contribution in [2.45, 2.75) is 0 Å². The van der Waals surface area contributed by atoms with Crippen LogP contribution < -0.4 is 0 Å². The van der Waals surface area contributed by atoms with Crippen LogP contribution in [0.1, 0.15) is 0 Å². The molecule has 0 radical (unpaired) electrons. The van der Waals surface area contributed by atoms with Crippen molar-refractivity contribution in [3.8, 4) is 0 Å². The van der Waals surface area contributed by atoms with Gasteiger partial charge in [0.1, 0.15) is 0 Å². The fourth-order valence-corrected chi connectivity index (χ4v) is 0. The van der Waals surface area contributed by atoms with E-state index in [-0.39, 0.29) is 17.1 Å². The summed E-state index contributed by atoms with van der Waals surface area (Å²) in [7, 11) is 0. The standard InChI is InChI=1S/CH2OS2.Fe/c2-1(3)4;/h(H2,2,3,4);/q;+2/p-2. The zero-order chi connectivity index (χ0) is 3.58. The predicted octanol–water partition coefficient (Wildman–Crippen LogP) is 0.198. The minimum atomic E-state index is -0.667. The molecule has 0 saturated heterocycles. The molecule has 0 fully saturated rings. The van der Waals surface area contributed by atoms with E-state index in [1.165, 1.54) is 0 Å². The first-order chi connectivity index (χ1) is 1.73. The molecule has 0 N–H and O–H groups in total. The van der Waals surface area contributed by atoms with Gasteiger partial charge in [0.2, 0.25) is 0 Å². The average molecular weight is 148 g/mol. The van der Waals surface area contributed by atoms with Gasteiger partial charge < -0.3 is 30.1 Å². The molecule has 0 unspecified atom stereocenters. The summed E-state index contributed by atoms with van der Waals surface area (Å²) in [4.78, 5) is 9.07. The van der Waals surface area contributed by atoms with Gasteiger partial charge in [-0.25, -0.2) is 0 Å². The van der Waals surface area contributed by atoms with Gasteiger partial charge in [0.05, 0.1) is 0 Å². The van der Waals surface area contributed by atoms with E-state index in [0.29, 0.717) is 0 Å². The van der Waals surface area contributed by atoms with Crippen LogP contribution in [0.15, 0.2) is 0 Å². The maximum Gasteiger partial charge on any atom is 2.00 e. The van der Waals surface area contributed by atoms with Crippen LogP contribution in [0, 0.1) is 0 Å². The third-order valence-corrected chi connectivity index (χ3v) is 0. The van der Waals surface area contributed by atoms with Crippen LogP contribution in [-0.4, -0.2) is 4.45 Å². The minimum absolute atomic E-state index is 0. The molecule has 0 aliphatic heterocycles. The van der Waals surface area contributed by atoms with Crippen LogP contribution in [0.2, 0.25) is 0 Å². The molecule has 4 heteroatoms. The summed E-state index contributed by atoms with van der Waals surface area (Å²) in [5.41, 5.74) is 0. The molecule has 0 saturated carbocycles. The number of rotatable bonds is 0. The van der Waals surface area contributed by atoms with Crippen LogP contribution in [0.25, 0.3) is 0 Å². The summed E-state index contributed by atoms with van der Waals surface area (Å²) in [6.45, 7) is 0. The van der Waals surface area contributed by atoms with E-state index < -0.39 is 4.45 Å². The van der Waals surface area contributed by atoms with Crippen LogP contribution >= 0.6 is 0 Å². The quantitative estimate of drug-likeness (QED) is 0.360. The van der Waals surface area contributed by atoms with Gasteiger partial charge in [0.15, 0.2) is 0 Å². The molecule has 0 aromatic heterocycles. The largest absolute Gasteiger partial charge is 2.00 e. The molecular weight excluding hydrogens is 148 g/mol. The molecule has 0 bridgehead atoms. The Bertz CT molecular complexity index is 32.6. The Morgan fingerprint density at radius 1 is 1.40 bits per heavy atom. The van der Waals surface area contributed by atoms with Crippen LogP contribution in [0.3, 0.4) is 0 Å². The van der Waals surface area contributed by atoms with E-state index in [9.17, 15) is 0 Å². The Morgan fingerprint density at radius 2 is 1.40 bits per heavy atom. The van der Waals surface area contributed by atoms with Crippen molar-refractivity contribution >= 4 is 29.7 Å². The average Bonchev–Trinajstić information content (AvgIpc) is 0.811. The van der Waals surface area contributed by atoms with Gasteiger partial charge in [-0.3, -0.25) is 0 Å². The van der Waals surface area contributed by atoms with E-state index in [0.717, 1.165) is 0 Å². The first-order valence-electron chi connectivity index (χ1n) is 0.612. The summed E-state index contributed by atoms with van der Waals surface area (Å²) >= 11 is 7.59. The predicted molar refractivity (Wildman–Crippen MR) is 20.1 cm³/mol. The summed E-state index contributed by atoms with van der Waals surface area (Å²) in [6, 6.07) is 0. The maximum atomic E-state index is 9.07. The monoisotopic (exact) mass is 148 g/mol. The van der Waals surface area contributed by atoms with Crippen molar-refractivity contribution in [1.29, 1.82) is 0 Å². The molecule has 0 rings (SSSR count). The van der Waals surface area contributed by atoms with Crippen molar-refractivity contribution in [1.82, 2.24) is 0 Å². The molecular formula is CFeOS2. The number of carbonyl (C=O) groups is 1. The van der Waals surface area contributed by atoms with Crippen LogP contribution in [0.5, 0.6) is 0 Å². The fraction of sp³-hybridized carbons (Fsp3) is 0. The Balaban J connectivity index is 0. The summed E-state index contributed by atoms with van der Waals surface area (Å²) in [6.07, 6.45) is 0. The molecule has 0 heterocycles. The number of hydrogen-bond donors (Lipinski definition) is 0. The van der Waals surface area contributed by atoms with Gasteiger partial charge >= 0.3 is 17.1 Å². The van der Waals surface area contributed by atoms with Crippen LogP contribution in [-0.2, 0) is 42.3 Å². The van der Waals surface area contributed by atoms with Gasteiger partial charge in [0, 0.05) is 0 Å². The Kier molecular flexibility index (Phi) is 8.48. The molecule has 0 aromatic carbocycles.